The lowest BCUT2D eigenvalue weighted by Gasteiger charge is -2.26. The summed E-state index contributed by atoms with van der Waals surface area (Å²) in [6.07, 6.45) is 3.52. The van der Waals surface area contributed by atoms with Gasteiger partial charge in [-0.15, -0.1) is 11.3 Å². The SMILES string of the molecule is CCCC(C)(CN)Cc1ccc(Br)s1. The summed E-state index contributed by atoms with van der Waals surface area (Å²) in [4.78, 5) is 1.43. The van der Waals surface area contributed by atoms with Gasteiger partial charge >= 0.3 is 0 Å². The Morgan fingerprint density at radius 3 is 2.64 bits per heavy atom. The first-order chi connectivity index (χ1) is 6.59. The van der Waals surface area contributed by atoms with Crippen molar-refractivity contribution >= 4 is 27.3 Å². The smallest absolute Gasteiger partial charge is 0.0701 e. The number of thiophene rings is 1. The van der Waals surface area contributed by atoms with Crippen LogP contribution in [0.3, 0.4) is 0 Å². The zero-order chi connectivity index (χ0) is 10.6. The third kappa shape index (κ3) is 3.37. The Morgan fingerprint density at radius 1 is 1.50 bits per heavy atom. The van der Waals surface area contributed by atoms with E-state index in [2.05, 4.69) is 41.9 Å². The quantitative estimate of drug-likeness (QED) is 0.869. The minimum atomic E-state index is 0.277. The molecule has 14 heavy (non-hydrogen) atoms. The van der Waals surface area contributed by atoms with E-state index >= 15 is 0 Å². The van der Waals surface area contributed by atoms with Crippen molar-refractivity contribution in [3.05, 3.63) is 20.8 Å². The Bertz CT molecular complexity index is 285. The molecular formula is C11H18BrNS. The van der Waals surface area contributed by atoms with E-state index in [1.54, 1.807) is 0 Å². The van der Waals surface area contributed by atoms with Crippen molar-refractivity contribution < 1.29 is 0 Å². The lowest BCUT2D eigenvalue weighted by atomic mass is 9.82. The van der Waals surface area contributed by atoms with Crippen molar-refractivity contribution in [1.29, 1.82) is 0 Å². The van der Waals surface area contributed by atoms with Gasteiger partial charge in [-0.1, -0.05) is 20.3 Å². The molecule has 0 bridgehead atoms. The molecule has 0 aliphatic rings. The van der Waals surface area contributed by atoms with Gasteiger partial charge in [-0.25, -0.2) is 0 Å². The van der Waals surface area contributed by atoms with Crippen molar-refractivity contribution in [2.45, 2.75) is 33.1 Å². The van der Waals surface area contributed by atoms with Gasteiger partial charge in [-0.2, -0.15) is 0 Å². The topological polar surface area (TPSA) is 26.0 Å². The van der Waals surface area contributed by atoms with Crippen LogP contribution in [0.1, 0.15) is 31.6 Å². The summed E-state index contributed by atoms with van der Waals surface area (Å²) in [6, 6.07) is 4.31. The molecule has 0 saturated carbocycles. The van der Waals surface area contributed by atoms with Crippen LogP contribution in [0.2, 0.25) is 0 Å². The average molecular weight is 276 g/mol. The highest BCUT2D eigenvalue weighted by Crippen LogP contribution is 2.31. The van der Waals surface area contributed by atoms with Gasteiger partial charge in [0.05, 0.1) is 3.79 Å². The third-order valence-electron chi connectivity index (χ3n) is 2.58. The lowest BCUT2D eigenvalue weighted by molar-refractivity contribution is 0.305. The number of halogens is 1. The summed E-state index contributed by atoms with van der Waals surface area (Å²) in [5, 5.41) is 0. The maximum Gasteiger partial charge on any atom is 0.0701 e. The summed E-state index contributed by atoms with van der Waals surface area (Å²) in [6.45, 7) is 5.28. The fourth-order valence-corrected chi connectivity index (χ4v) is 3.43. The van der Waals surface area contributed by atoms with Crippen LogP contribution >= 0.6 is 27.3 Å². The Hall–Kier alpha value is 0.140. The second-order valence-electron chi connectivity index (χ2n) is 4.15. The van der Waals surface area contributed by atoms with E-state index in [4.69, 9.17) is 5.73 Å². The van der Waals surface area contributed by atoms with Gasteiger partial charge in [0.2, 0.25) is 0 Å². The van der Waals surface area contributed by atoms with Gasteiger partial charge in [0.25, 0.3) is 0 Å². The second-order valence-corrected chi connectivity index (χ2v) is 6.69. The zero-order valence-electron chi connectivity index (χ0n) is 8.85. The van der Waals surface area contributed by atoms with Crippen molar-refractivity contribution in [3.63, 3.8) is 0 Å². The Labute approximate surface area is 98.8 Å². The van der Waals surface area contributed by atoms with Gasteiger partial charge < -0.3 is 5.73 Å². The number of nitrogens with two attached hydrogens (primary N) is 1. The van der Waals surface area contributed by atoms with Crippen molar-refractivity contribution in [1.82, 2.24) is 0 Å². The first-order valence-electron chi connectivity index (χ1n) is 5.04. The van der Waals surface area contributed by atoms with Crippen LogP contribution in [0.5, 0.6) is 0 Å². The number of hydrogen-bond donors (Lipinski definition) is 1. The first-order valence-corrected chi connectivity index (χ1v) is 6.65. The molecule has 1 aromatic rings. The Balaban J connectivity index is 2.64. The highest BCUT2D eigenvalue weighted by Gasteiger charge is 2.22. The molecule has 1 aromatic heterocycles. The molecule has 0 spiro atoms. The first kappa shape index (κ1) is 12.2. The fraction of sp³-hybridized carbons (Fsp3) is 0.636. The van der Waals surface area contributed by atoms with E-state index in [1.165, 1.54) is 21.5 Å². The van der Waals surface area contributed by atoms with E-state index in [1.807, 2.05) is 11.3 Å². The maximum absolute atomic E-state index is 5.84. The molecule has 0 amide bonds. The zero-order valence-corrected chi connectivity index (χ0v) is 11.2. The molecule has 0 aliphatic carbocycles. The summed E-state index contributed by atoms with van der Waals surface area (Å²) in [7, 11) is 0. The van der Waals surface area contributed by atoms with Crippen LogP contribution in [0.4, 0.5) is 0 Å². The van der Waals surface area contributed by atoms with Crippen molar-refractivity contribution in [3.8, 4) is 0 Å². The molecule has 0 aromatic carbocycles. The summed E-state index contributed by atoms with van der Waals surface area (Å²) < 4.78 is 1.21. The predicted octanol–water partition coefficient (Wildman–Crippen LogP) is 3.82. The van der Waals surface area contributed by atoms with Crippen LogP contribution < -0.4 is 5.73 Å². The maximum atomic E-state index is 5.84. The lowest BCUT2D eigenvalue weighted by Crippen LogP contribution is -2.29. The molecular weight excluding hydrogens is 258 g/mol. The van der Waals surface area contributed by atoms with E-state index in [0.29, 0.717) is 0 Å². The fourth-order valence-electron chi connectivity index (χ4n) is 1.73. The summed E-state index contributed by atoms with van der Waals surface area (Å²) in [5.74, 6) is 0. The van der Waals surface area contributed by atoms with E-state index < -0.39 is 0 Å². The van der Waals surface area contributed by atoms with Crippen LogP contribution in [0.15, 0.2) is 15.9 Å². The molecule has 2 N–H and O–H groups in total. The third-order valence-corrected chi connectivity index (χ3v) is 4.20. The molecule has 0 aliphatic heterocycles. The summed E-state index contributed by atoms with van der Waals surface area (Å²) in [5.41, 5.74) is 6.12. The molecule has 1 unspecified atom stereocenters. The summed E-state index contributed by atoms with van der Waals surface area (Å²) >= 11 is 5.30. The molecule has 1 rings (SSSR count). The predicted molar refractivity (Wildman–Crippen MR) is 67.8 cm³/mol. The van der Waals surface area contributed by atoms with Crippen LogP contribution in [-0.2, 0) is 6.42 Å². The van der Waals surface area contributed by atoms with Gasteiger partial charge in [0.1, 0.15) is 0 Å². The molecule has 80 valence electrons. The number of rotatable bonds is 5. The molecule has 0 fully saturated rings. The normalized spacial score (nSPS) is 15.4. The van der Waals surface area contributed by atoms with Crippen LogP contribution in [0.25, 0.3) is 0 Å². The van der Waals surface area contributed by atoms with Crippen molar-refractivity contribution in [2.24, 2.45) is 11.1 Å². The minimum Gasteiger partial charge on any atom is -0.330 e. The Kier molecular flexibility index (Phi) is 4.61. The molecule has 3 heteroatoms. The Morgan fingerprint density at radius 2 is 2.21 bits per heavy atom. The van der Waals surface area contributed by atoms with Crippen molar-refractivity contribution in [2.75, 3.05) is 6.54 Å². The monoisotopic (exact) mass is 275 g/mol. The van der Waals surface area contributed by atoms with E-state index in [0.717, 1.165) is 13.0 Å². The highest BCUT2D eigenvalue weighted by molar-refractivity contribution is 9.11. The van der Waals surface area contributed by atoms with Crippen LogP contribution in [0, 0.1) is 5.41 Å². The van der Waals surface area contributed by atoms with Crippen LogP contribution in [-0.4, -0.2) is 6.54 Å². The second kappa shape index (κ2) is 5.29. The molecule has 1 atom stereocenters. The minimum absolute atomic E-state index is 0.277. The standard InChI is InChI=1S/C11H18BrNS/c1-3-6-11(2,8-13)7-9-4-5-10(12)14-9/h4-5H,3,6-8,13H2,1-2H3. The van der Waals surface area contributed by atoms with E-state index in [9.17, 15) is 0 Å². The van der Waals surface area contributed by atoms with Gasteiger partial charge in [0.15, 0.2) is 0 Å². The molecule has 1 nitrogen and oxygen atoms in total. The molecule has 0 radical (unpaired) electrons. The highest BCUT2D eigenvalue weighted by atomic mass is 79.9. The molecule has 0 saturated heterocycles. The molecule has 1 heterocycles. The average Bonchev–Trinajstić information content (AvgIpc) is 2.51. The largest absolute Gasteiger partial charge is 0.330 e. The van der Waals surface area contributed by atoms with Gasteiger partial charge in [-0.05, 0) is 52.9 Å². The van der Waals surface area contributed by atoms with Gasteiger partial charge in [-0.3, -0.25) is 0 Å². The van der Waals surface area contributed by atoms with Gasteiger partial charge in [0, 0.05) is 4.88 Å². The van der Waals surface area contributed by atoms with E-state index in [-0.39, 0.29) is 5.41 Å². The number of hydrogen-bond acceptors (Lipinski definition) is 2.